The van der Waals surface area contributed by atoms with E-state index in [2.05, 4.69) is 13.8 Å². The van der Waals surface area contributed by atoms with Crippen LogP contribution in [0.4, 0.5) is 0 Å². The van der Waals surface area contributed by atoms with Crippen molar-refractivity contribution in [1.29, 1.82) is 0 Å². The maximum atomic E-state index is 13.0. The van der Waals surface area contributed by atoms with E-state index in [-0.39, 0.29) is 16.8 Å². The molecule has 7 heteroatoms. The number of hydrogen-bond donors (Lipinski definition) is 0. The van der Waals surface area contributed by atoms with Gasteiger partial charge in [0.1, 0.15) is 6.04 Å². The molecule has 1 aliphatic carbocycles. The Balaban J connectivity index is 1.83. The summed E-state index contributed by atoms with van der Waals surface area (Å²) in [6, 6.07) is 6.72. The molecular weight excluding hydrogens is 344 g/mol. The first-order valence-electron chi connectivity index (χ1n) is 8.28. The third-order valence-corrected chi connectivity index (χ3v) is 7.77. The molecule has 0 bridgehead atoms. The van der Waals surface area contributed by atoms with E-state index < -0.39 is 16.1 Å². The highest BCUT2D eigenvalue weighted by molar-refractivity contribution is 8.00. The summed E-state index contributed by atoms with van der Waals surface area (Å²) in [5.41, 5.74) is 1.10. The van der Waals surface area contributed by atoms with Gasteiger partial charge in [0.2, 0.25) is 15.9 Å². The van der Waals surface area contributed by atoms with Crippen LogP contribution in [0.1, 0.15) is 38.2 Å². The van der Waals surface area contributed by atoms with Gasteiger partial charge in [0.05, 0.1) is 10.8 Å². The Labute approximate surface area is 148 Å². The van der Waals surface area contributed by atoms with Crippen molar-refractivity contribution < 1.29 is 13.2 Å². The van der Waals surface area contributed by atoms with Gasteiger partial charge in [-0.3, -0.25) is 4.79 Å². The minimum absolute atomic E-state index is 0.0788. The number of carbonyl (C=O) groups excluding carboxylic acids is 1. The van der Waals surface area contributed by atoms with E-state index in [4.69, 9.17) is 0 Å². The minimum Gasteiger partial charge on any atom is -0.341 e. The van der Waals surface area contributed by atoms with Crippen molar-refractivity contribution in [3.05, 3.63) is 29.8 Å². The van der Waals surface area contributed by atoms with Gasteiger partial charge >= 0.3 is 0 Å². The molecule has 3 rings (SSSR count). The number of sulfonamides is 1. The monoisotopic (exact) mass is 368 g/mol. The lowest BCUT2D eigenvalue weighted by atomic mass is 10.0. The molecule has 132 valence electrons. The smallest absolute Gasteiger partial charge is 0.244 e. The second-order valence-corrected chi connectivity index (χ2v) is 9.70. The molecule has 1 saturated carbocycles. The fourth-order valence-electron chi connectivity index (χ4n) is 2.90. The summed E-state index contributed by atoms with van der Waals surface area (Å²) in [4.78, 5) is 14.7. The van der Waals surface area contributed by atoms with Crippen LogP contribution >= 0.6 is 11.8 Å². The van der Waals surface area contributed by atoms with E-state index in [1.807, 2.05) is 12.1 Å². The first-order chi connectivity index (χ1) is 11.3. The molecule has 0 spiro atoms. The summed E-state index contributed by atoms with van der Waals surface area (Å²) in [5, 5.41) is 0. The first-order valence-corrected chi connectivity index (χ1v) is 10.9. The molecule has 1 amide bonds. The topological polar surface area (TPSA) is 57.7 Å². The van der Waals surface area contributed by atoms with Gasteiger partial charge in [-0.15, -0.1) is 11.8 Å². The standard InChI is InChI=1S/C17H24N2O3S2/c1-12(2)13-4-8-15(9-5-13)24(21,22)19-11-23-10-16(19)17(20)18(3)14-6-7-14/h4-5,8-9,12,14,16H,6-7,10-11H2,1-3H3. The number of benzene rings is 1. The molecule has 24 heavy (non-hydrogen) atoms. The SMILES string of the molecule is CC(C)c1ccc(S(=O)(=O)N2CSCC2C(=O)N(C)C2CC2)cc1. The van der Waals surface area contributed by atoms with Crippen LogP contribution in [0.15, 0.2) is 29.2 Å². The van der Waals surface area contributed by atoms with E-state index in [0.717, 1.165) is 18.4 Å². The third kappa shape index (κ3) is 3.34. The van der Waals surface area contributed by atoms with Gasteiger partial charge < -0.3 is 4.90 Å². The zero-order chi connectivity index (χ0) is 17.5. The Morgan fingerprint density at radius 1 is 1.25 bits per heavy atom. The van der Waals surface area contributed by atoms with Gasteiger partial charge in [-0.05, 0) is 36.5 Å². The molecular formula is C17H24N2O3S2. The number of hydrogen-bond acceptors (Lipinski definition) is 4. The summed E-state index contributed by atoms with van der Waals surface area (Å²) < 4.78 is 27.3. The molecule has 0 aromatic heterocycles. The van der Waals surface area contributed by atoms with Crippen molar-refractivity contribution in [3.8, 4) is 0 Å². The van der Waals surface area contributed by atoms with Crippen molar-refractivity contribution >= 4 is 27.7 Å². The van der Waals surface area contributed by atoms with Gasteiger partial charge in [-0.2, -0.15) is 4.31 Å². The molecule has 1 atom stereocenters. The number of likely N-dealkylation sites (N-methyl/N-ethyl adjacent to an activating group) is 1. The van der Waals surface area contributed by atoms with E-state index in [1.165, 1.54) is 16.1 Å². The number of nitrogens with zero attached hydrogens (tertiary/aromatic N) is 2. The molecule has 1 aromatic carbocycles. The van der Waals surface area contributed by atoms with Gasteiger partial charge in [0.25, 0.3) is 0 Å². The average molecular weight is 369 g/mol. The van der Waals surface area contributed by atoms with Gasteiger partial charge in [0.15, 0.2) is 0 Å². The third-order valence-electron chi connectivity index (χ3n) is 4.72. The zero-order valence-corrected chi connectivity index (χ0v) is 15.9. The largest absolute Gasteiger partial charge is 0.341 e. The van der Waals surface area contributed by atoms with Crippen LogP contribution in [-0.2, 0) is 14.8 Å². The fourth-order valence-corrected chi connectivity index (χ4v) is 6.03. The highest BCUT2D eigenvalue weighted by Crippen LogP contribution is 2.32. The highest BCUT2D eigenvalue weighted by Gasteiger charge is 2.43. The summed E-state index contributed by atoms with van der Waals surface area (Å²) in [6.07, 6.45) is 2.04. The molecule has 1 aromatic rings. The second-order valence-electron chi connectivity index (χ2n) is 6.81. The number of thioether (sulfide) groups is 1. The molecule has 1 aliphatic heterocycles. The van der Waals surface area contributed by atoms with Crippen LogP contribution in [0, 0.1) is 0 Å². The van der Waals surface area contributed by atoms with Crippen LogP contribution in [0.2, 0.25) is 0 Å². The summed E-state index contributed by atoms with van der Waals surface area (Å²) in [5.74, 6) is 1.14. The van der Waals surface area contributed by atoms with Crippen LogP contribution in [0.5, 0.6) is 0 Å². The predicted molar refractivity (Wildman–Crippen MR) is 96.5 cm³/mol. The molecule has 1 unspecified atom stereocenters. The van der Waals surface area contributed by atoms with Crippen molar-refractivity contribution in [2.24, 2.45) is 0 Å². The van der Waals surface area contributed by atoms with Gasteiger partial charge in [0, 0.05) is 18.8 Å². The van der Waals surface area contributed by atoms with E-state index in [0.29, 0.717) is 17.5 Å². The van der Waals surface area contributed by atoms with Gasteiger partial charge in [-0.1, -0.05) is 26.0 Å². The van der Waals surface area contributed by atoms with Crippen LogP contribution in [0.25, 0.3) is 0 Å². The van der Waals surface area contributed by atoms with Crippen LogP contribution in [-0.4, -0.2) is 54.3 Å². The number of amides is 1. The lowest BCUT2D eigenvalue weighted by Gasteiger charge is -2.27. The van der Waals surface area contributed by atoms with Crippen LogP contribution in [0.3, 0.4) is 0 Å². The van der Waals surface area contributed by atoms with Crippen LogP contribution < -0.4 is 0 Å². The van der Waals surface area contributed by atoms with E-state index in [9.17, 15) is 13.2 Å². The first kappa shape index (κ1) is 17.8. The summed E-state index contributed by atoms with van der Waals surface area (Å²) >= 11 is 1.50. The highest BCUT2D eigenvalue weighted by atomic mass is 32.2. The molecule has 0 radical (unpaired) electrons. The number of carbonyl (C=O) groups is 1. The molecule has 5 nitrogen and oxygen atoms in total. The van der Waals surface area contributed by atoms with E-state index >= 15 is 0 Å². The molecule has 2 fully saturated rings. The van der Waals surface area contributed by atoms with Gasteiger partial charge in [-0.25, -0.2) is 8.42 Å². The van der Waals surface area contributed by atoms with Crippen molar-refractivity contribution in [2.45, 2.75) is 49.6 Å². The Kier molecular flexibility index (Phi) is 4.95. The number of rotatable bonds is 5. The maximum Gasteiger partial charge on any atom is 0.244 e. The van der Waals surface area contributed by atoms with Crippen molar-refractivity contribution in [2.75, 3.05) is 18.7 Å². The average Bonchev–Trinajstić information content (AvgIpc) is 3.29. The fraction of sp³-hybridized carbons (Fsp3) is 0.588. The molecule has 2 aliphatic rings. The Hall–Kier alpha value is -1.05. The second kappa shape index (κ2) is 6.69. The summed E-state index contributed by atoms with van der Waals surface area (Å²) in [6.45, 7) is 4.14. The van der Waals surface area contributed by atoms with E-state index in [1.54, 1.807) is 24.1 Å². The molecule has 1 heterocycles. The quantitative estimate of drug-likeness (QED) is 0.801. The van der Waals surface area contributed by atoms with Crippen molar-refractivity contribution in [3.63, 3.8) is 0 Å². The lowest BCUT2D eigenvalue weighted by molar-refractivity contribution is -0.133. The Morgan fingerprint density at radius 3 is 2.42 bits per heavy atom. The molecule has 1 saturated heterocycles. The minimum atomic E-state index is -3.65. The van der Waals surface area contributed by atoms with Crippen molar-refractivity contribution in [1.82, 2.24) is 9.21 Å². The Bertz CT molecular complexity index is 712. The Morgan fingerprint density at radius 2 is 1.88 bits per heavy atom. The zero-order valence-electron chi connectivity index (χ0n) is 14.3. The maximum absolute atomic E-state index is 13.0. The summed E-state index contributed by atoms with van der Waals surface area (Å²) in [7, 11) is -1.87. The predicted octanol–water partition coefficient (Wildman–Crippen LogP) is 2.49. The lowest BCUT2D eigenvalue weighted by Crippen LogP contribution is -2.48. The normalized spacial score (nSPS) is 22.1. The molecule has 0 N–H and O–H groups in total.